The van der Waals surface area contributed by atoms with Crippen LogP contribution in [0, 0.1) is 5.82 Å². The molecule has 0 aliphatic carbocycles. The SMILES string of the molecule is COCCNc1ccc(CNC(=O)Nc2ccccc2F)cc1. The van der Waals surface area contributed by atoms with Gasteiger partial charge in [0.1, 0.15) is 5.82 Å². The van der Waals surface area contributed by atoms with Crippen molar-refractivity contribution in [3.63, 3.8) is 0 Å². The molecule has 0 aliphatic rings. The molecule has 0 unspecified atom stereocenters. The van der Waals surface area contributed by atoms with Crippen LogP contribution in [0.1, 0.15) is 5.56 Å². The Morgan fingerprint density at radius 2 is 1.87 bits per heavy atom. The van der Waals surface area contributed by atoms with E-state index < -0.39 is 11.8 Å². The van der Waals surface area contributed by atoms with Gasteiger partial charge in [-0.1, -0.05) is 24.3 Å². The topological polar surface area (TPSA) is 62.4 Å². The first-order valence-corrected chi connectivity index (χ1v) is 7.30. The third-order valence-corrected chi connectivity index (χ3v) is 3.16. The minimum absolute atomic E-state index is 0.155. The lowest BCUT2D eigenvalue weighted by Gasteiger charge is -2.09. The zero-order valence-electron chi connectivity index (χ0n) is 12.9. The Morgan fingerprint density at radius 3 is 2.57 bits per heavy atom. The maximum Gasteiger partial charge on any atom is 0.319 e. The standard InChI is InChI=1S/C17H20FN3O2/c1-23-11-10-19-14-8-6-13(7-9-14)12-20-17(22)21-16-5-3-2-4-15(16)18/h2-9,19H,10-12H2,1H3,(H2,20,21,22). The molecule has 0 aliphatic heterocycles. The zero-order valence-corrected chi connectivity index (χ0v) is 12.9. The van der Waals surface area contributed by atoms with Crippen molar-refractivity contribution in [2.75, 3.05) is 30.9 Å². The second-order valence-electron chi connectivity index (χ2n) is 4.90. The summed E-state index contributed by atoms with van der Waals surface area (Å²) in [5.41, 5.74) is 2.09. The molecule has 5 nitrogen and oxygen atoms in total. The zero-order chi connectivity index (χ0) is 16.5. The lowest BCUT2D eigenvalue weighted by molar-refractivity contribution is 0.211. The largest absolute Gasteiger partial charge is 0.383 e. The van der Waals surface area contributed by atoms with Crippen LogP contribution in [-0.4, -0.2) is 26.3 Å². The van der Waals surface area contributed by atoms with Crippen LogP contribution < -0.4 is 16.0 Å². The van der Waals surface area contributed by atoms with Crippen LogP contribution in [-0.2, 0) is 11.3 Å². The van der Waals surface area contributed by atoms with E-state index in [9.17, 15) is 9.18 Å². The Balaban J connectivity index is 1.79. The van der Waals surface area contributed by atoms with Crippen LogP contribution in [0.5, 0.6) is 0 Å². The van der Waals surface area contributed by atoms with E-state index in [0.717, 1.165) is 17.8 Å². The fraction of sp³-hybridized carbons (Fsp3) is 0.235. The highest BCUT2D eigenvalue weighted by Crippen LogP contribution is 2.12. The molecule has 2 amide bonds. The first-order valence-electron chi connectivity index (χ1n) is 7.30. The lowest BCUT2D eigenvalue weighted by atomic mass is 10.2. The number of methoxy groups -OCH3 is 1. The molecule has 0 radical (unpaired) electrons. The maximum absolute atomic E-state index is 13.4. The number of para-hydroxylation sites is 1. The predicted molar refractivity (Wildman–Crippen MR) is 89.1 cm³/mol. The minimum Gasteiger partial charge on any atom is -0.383 e. The van der Waals surface area contributed by atoms with E-state index in [1.807, 2.05) is 24.3 Å². The number of ether oxygens (including phenoxy) is 1. The highest BCUT2D eigenvalue weighted by atomic mass is 19.1. The molecule has 0 atom stereocenters. The van der Waals surface area contributed by atoms with Crippen molar-refractivity contribution < 1.29 is 13.9 Å². The molecule has 23 heavy (non-hydrogen) atoms. The lowest BCUT2D eigenvalue weighted by Crippen LogP contribution is -2.28. The molecular formula is C17H20FN3O2. The first kappa shape index (κ1) is 16.8. The molecule has 0 spiro atoms. The summed E-state index contributed by atoms with van der Waals surface area (Å²) in [6.45, 7) is 1.73. The molecule has 0 saturated carbocycles. The van der Waals surface area contributed by atoms with Gasteiger partial charge in [0.15, 0.2) is 0 Å². The summed E-state index contributed by atoms with van der Waals surface area (Å²) >= 11 is 0. The van der Waals surface area contributed by atoms with E-state index >= 15 is 0 Å². The first-order chi connectivity index (χ1) is 11.2. The normalized spacial score (nSPS) is 10.2. The van der Waals surface area contributed by atoms with Gasteiger partial charge in [-0.25, -0.2) is 9.18 Å². The number of carbonyl (C=O) groups excluding carboxylic acids is 1. The predicted octanol–water partition coefficient (Wildman–Crippen LogP) is 3.21. The van der Waals surface area contributed by atoms with E-state index in [-0.39, 0.29) is 5.69 Å². The van der Waals surface area contributed by atoms with E-state index in [2.05, 4.69) is 16.0 Å². The van der Waals surface area contributed by atoms with E-state index in [4.69, 9.17) is 4.74 Å². The van der Waals surface area contributed by atoms with Crippen LogP contribution in [0.3, 0.4) is 0 Å². The Bertz CT molecular complexity index is 632. The number of rotatable bonds is 7. The monoisotopic (exact) mass is 317 g/mol. The maximum atomic E-state index is 13.4. The third kappa shape index (κ3) is 5.60. The van der Waals surface area contributed by atoms with Gasteiger partial charge in [0, 0.05) is 25.9 Å². The van der Waals surface area contributed by atoms with Gasteiger partial charge in [-0.15, -0.1) is 0 Å². The molecule has 2 aromatic carbocycles. The quantitative estimate of drug-likeness (QED) is 0.687. The van der Waals surface area contributed by atoms with Crippen LogP contribution >= 0.6 is 0 Å². The van der Waals surface area contributed by atoms with Gasteiger partial charge >= 0.3 is 6.03 Å². The third-order valence-electron chi connectivity index (χ3n) is 3.16. The average Bonchev–Trinajstić information content (AvgIpc) is 2.56. The van der Waals surface area contributed by atoms with Gasteiger partial charge in [-0.05, 0) is 29.8 Å². The number of nitrogens with one attached hydrogen (secondary N) is 3. The van der Waals surface area contributed by atoms with Crippen molar-refractivity contribution in [1.29, 1.82) is 0 Å². The van der Waals surface area contributed by atoms with Crippen molar-refractivity contribution in [2.24, 2.45) is 0 Å². The number of carbonyl (C=O) groups is 1. The van der Waals surface area contributed by atoms with Gasteiger partial charge in [0.05, 0.1) is 12.3 Å². The number of hydrogen-bond donors (Lipinski definition) is 3. The van der Waals surface area contributed by atoms with Gasteiger partial charge < -0.3 is 20.7 Å². The molecule has 0 fully saturated rings. The summed E-state index contributed by atoms with van der Waals surface area (Å²) in [5, 5.41) is 8.37. The summed E-state index contributed by atoms with van der Waals surface area (Å²) in [6, 6.07) is 13.3. The Hall–Kier alpha value is -2.60. The van der Waals surface area contributed by atoms with Gasteiger partial charge in [-0.3, -0.25) is 0 Å². The molecule has 0 bridgehead atoms. The summed E-state index contributed by atoms with van der Waals surface area (Å²) < 4.78 is 18.4. The number of benzene rings is 2. The molecule has 2 rings (SSSR count). The van der Waals surface area contributed by atoms with Crippen molar-refractivity contribution in [3.05, 3.63) is 59.9 Å². The number of halogens is 1. The Labute approximate surface area is 134 Å². The van der Waals surface area contributed by atoms with Gasteiger partial charge in [0.25, 0.3) is 0 Å². The molecular weight excluding hydrogens is 297 g/mol. The van der Waals surface area contributed by atoms with Crippen molar-refractivity contribution in [3.8, 4) is 0 Å². The summed E-state index contributed by atoms with van der Waals surface area (Å²) in [6.07, 6.45) is 0. The molecule has 0 aromatic heterocycles. The highest BCUT2D eigenvalue weighted by Gasteiger charge is 2.05. The van der Waals surface area contributed by atoms with Crippen molar-refractivity contribution >= 4 is 17.4 Å². The molecule has 2 aromatic rings. The minimum atomic E-state index is -0.464. The number of anilines is 2. The molecule has 0 saturated heterocycles. The van der Waals surface area contributed by atoms with Crippen LogP contribution in [0.25, 0.3) is 0 Å². The number of urea groups is 1. The van der Waals surface area contributed by atoms with Gasteiger partial charge in [-0.2, -0.15) is 0 Å². The number of hydrogen-bond acceptors (Lipinski definition) is 3. The smallest absolute Gasteiger partial charge is 0.319 e. The van der Waals surface area contributed by atoms with Crippen LogP contribution in [0.4, 0.5) is 20.6 Å². The molecule has 0 heterocycles. The average molecular weight is 317 g/mol. The van der Waals surface area contributed by atoms with E-state index in [1.54, 1.807) is 19.2 Å². The van der Waals surface area contributed by atoms with E-state index in [0.29, 0.717) is 13.2 Å². The highest BCUT2D eigenvalue weighted by molar-refractivity contribution is 5.89. The Kier molecular flexibility index (Phi) is 6.38. The summed E-state index contributed by atoms with van der Waals surface area (Å²) in [4.78, 5) is 11.8. The second kappa shape index (κ2) is 8.75. The fourth-order valence-electron chi connectivity index (χ4n) is 1.95. The van der Waals surface area contributed by atoms with Crippen LogP contribution in [0.15, 0.2) is 48.5 Å². The van der Waals surface area contributed by atoms with Crippen molar-refractivity contribution in [1.82, 2.24) is 5.32 Å². The second-order valence-corrected chi connectivity index (χ2v) is 4.90. The van der Waals surface area contributed by atoms with Crippen LogP contribution in [0.2, 0.25) is 0 Å². The molecule has 3 N–H and O–H groups in total. The fourth-order valence-corrected chi connectivity index (χ4v) is 1.95. The summed E-state index contributed by atoms with van der Waals surface area (Å²) in [7, 11) is 1.66. The molecule has 6 heteroatoms. The summed E-state index contributed by atoms with van der Waals surface area (Å²) in [5.74, 6) is -0.464. The van der Waals surface area contributed by atoms with E-state index in [1.165, 1.54) is 12.1 Å². The van der Waals surface area contributed by atoms with Gasteiger partial charge in [0.2, 0.25) is 0 Å². The van der Waals surface area contributed by atoms with Crippen molar-refractivity contribution in [2.45, 2.75) is 6.54 Å². The number of amides is 2. The molecule has 122 valence electrons. The Morgan fingerprint density at radius 1 is 1.13 bits per heavy atom.